The Balaban J connectivity index is 2.83. The van der Waals surface area contributed by atoms with E-state index in [-0.39, 0.29) is 12.5 Å². The van der Waals surface area contributed by atoms with Gasteiger partial charge in [0.15, 0.2) is 0 Å². The Hall–Kier alpha value is -1.47. The van der Waals surface area contributed by atoms with E-state index in [4.69, 9.17) is 0 Å². The molecule has 1 amide bonds. The number of aromatic nitrogens is 1. The molecule has 0 unspecified atom stereocenters. The first-order valence-corrected chi connectivity index (χ1v) is 6.80. The minimum atomic E-state index is -3.26. The summed E-state index contributed by atoms with van der Waals surface area (Å²) < 4.78 is 24.2. The molecule has 0 bridgehead atoms. The zero-order valence-corrected chi connectivity index (χ0v) is 10.8. The molecule has 0 aromatic carbocycles. The second-order valence-corrected chi connectivity index (χ2v) is 5.66. The third-order valence-corrected chi connectivity index (χ3v) is 2.65. The van der Waals surface area contributed by atoms with Gasteiger partial charge >= 0.3 is 0 Å². The third-order valence-electron chi connectivity index (χ3n) is 1.99. The van der Waals surface area contributed by atoms with Gasteiger partial charge in [0.1, 0.15) is 0 Å². The first kappa shape index (κ1) is 13.6. The smallest absolute Gasteiger partial charge is 0.253 e. The second-order valence-electron chi connectivity index (χ2n) is 3.83. The molecule has 0 aliphatic rings. The topological polar surface area (TPSA) is 79.4 Å². The van der Waals surface area contributed by atoms with E-state index in [1.807, 2.05) is 0 Å². The standard InChI is InChI=1S/C10H15N3O3S/c1-13(2)10(14)8-4-5-11-9(6-8)7-12-17(3,15)16/h4-6,12H,7H2,1-3H3. The second kappa shape index (κ2) is 5.24. The molecule has 6 nitrogen and oxygen atoms in total. The first-order chi connectivity index (χ1) is 7.79. The Morgan fingerprint density at radius 2 is 2.12 bits per heavy atom. The maximum Gasteiger partial charge on any atom is 0.253 e. The van der Waals surface area contributed by atoms with E-state index >= 15 is 0 Å². The molecule has 0 aliphatic heterocycles. The summed E-state index contributed by atoms with van der Waals surface area (Å²) in [5.41, 5.74) is 0.985. The van der Waals surface area contributed by atoms with Crippen LogP contribution in [0, 0.1) is 0 Å². The van der Waals surface area contributed by atoms with Gasteiger partial charge in [0.2, 0.25) is 10.0 Å². The van der Waals surface area contributed by atoms with Gasteiger partial charge in [0.05, 0.1) is 18.5 Å². The van der Waals surface area contributed by atoms with Gasteiger partial charge in [-0.1, -0.05) is 0 Å². The predicted molar refractivity (Wildman–Crippen MR) is 63.9 cm³/mol. The average molecular weight is 257 g/mol. The number of amides is 1. The normalized spacial score (nSPS) is 11.2. The fourth-order valence-corrected chi connectivity index (χ4v) is 1.58. The summed E-state index contributed by atoms with van der Waals surface area (Å²) in [6.07, 6.45) is 2.55. The van der Waals surface area contributed by atoms with Crippen LogP contribution in [0.25, 0.3) is 0 Å². The van der Waals surface area contributed by atoms with Crippen LogP contribution in [0.2, 0.25) is 0 Å². The van der Waals surface area contributed by atoms with E-state index in [2.05, 4.69) is 9.71 Å². The zero-order valence-electron chi connectivity index (χ0n) is 9.97. The Kier molecular flexibility index (Phi) is 4.19. The quantitative estimate of drug-likeness (QED) is 0.812. The number of hydrogen-bond donors (Lipinski definition) is 1. The van der Waals surface area contributed by atoms with Crippen molar-refractivity contribution in [1.29, 1.82) is 0 Å². The van der Waals surface area contributed by atoms with Crippen molar-refractivity contribution in [3.8, 4) is 0 Å². The van der Waals surface area contributed by atoms with Crippen LogP contribution < -0.4 is 4.72 Å². The molecule has 0 fully saturated rings. The number of nitrogens with one attached hydrogen (secondary N) is 1. The van der Waals surface area contributed by atoms with Crippen LogP contribution >= 0.6 is 0 Å². The molecule has 94 valence electrons. The molecule has 1 heterocycles. The number of nitrogens with zero attached hydrogens (tertiary/aromatic N) is 2. The van der Waals surface area contributed by atoms with Gasteiger partial charge < -0.3 is 4.90 Å². The molecule has 0 atom stereocenters. The summed E-state index contributed by atoms with van der Waals surface area (Å²) in [5.74, 6) is -0.145. The van der Waals surface area contributed by atoms with Gasteiger partial charge in [-0.2, -0.15) is 0 Å². The van der Waals surface area contributed by atoms with Crippen molar-refractivity contribution in [3.05, 3.63) is 29.6 Å². The maximum atomic E-state index is 11.7. The Bertz CT molecular complexity index is 511. The fourth-order valence-electron chi connectivity index (χ4n) is 1.17. The number of rotatable bonds is 4. The van der Waals surface area contributed by atoms with Gasteiger partial charge in [-0.3, -0.25) is 9.78 Å². The fraction of sp³-hybridized carbons (Fsp3) is 0.400. The van der Waals surface area contributed by atoms with Crippen molar-refractivity contribution in [1.82, 2.24) is 14.6 Å². The predicted octanol–water partition coefficient (Wildman–Crippen LogP) is -0.167. The summed E-state index contributed by atoms with van der Waals surface area (Å²) in [5, 5.41) is 0. The highest BCUT2D eigenvalue weighted by molar-refractivity contribution is 7.88. The lowest BCUT2D eigenvalue weighted by Gasteiger charge is -2.10. The SMILES string of the molecule is CN(C)C(=O)c1ccnc(CNS(C)(=O)=O)c1. The van der Waals surface area contributed by atoms with Crippen LogP contribution in [0.5, 0.6) is 0 Å². The van der Waals surface area contributed by atoms with Crippen LogP contribution in [0.4, 0.5) is 0 Å². The minimum Gasteiger partial charge on any atom is -0.345 e. The molecule has 1 rings (SSSR count). The molecule has 1 aromatic rings. The summed E-state index contributed by atoms with van der Waals surface area (Å²) in [7, 11) is 0.0429. The number of hydrogen-bond acceptors (Lipinski definition) is 4. The number of pyridine rings is 1. The van der Waals surface area contributed by atoms with E-state index in [0.717, 1.165) is 6.26 Å². The molecular weight excluding hydrogens is 242 g/mol. The molecule has 17 heavy (non-hydrogen) atoms. The molecule has 1 aromatic heterocycles. The first-order valence-electron chi connectivity index (χ1n) is 4.91. The van der Waals surface area contributed by atoms with Crippen LogP contribution in [0.1, 0.15) is 16.1 Å². The number of carbonyl (C=O) groups is 1. The Morgan fingerprint density at radius 1 is 1.47 bits per heavy atom. The summed E-state index contributed by atoms with van der Waals surface area (Å²) in [4.78, 5) is 17.1. The van der Waals surface area contributed by atoms with E-state index < -0.39 is 10.0 Å². The van der Waals surface area contributed by atoms with Crippen molar-refractivity contribution in [2.45, 2.75) is 6.54 Å². The minimum absolute atomic E-state index is 0.0768. The highest BCUT2D eigenvalue weighted by Gasteiger charge is 2.09. The van der Waals surface area contributed by atoms with E-state index in [9.17, 15) is 13.2 Å². The molecule has 1 N–H and O–H groups in total. The summed E-state index contributed by atoms with van der Waals surface area (Å²) >= 11 is 0. The van der Waals surface area contributed by atoms with Crippen LogP contribution in [0.3, 0.4) is 0 Å². The van der Waals surface area contributed by atoms with Crippen LogP contribution in [-0.2, 0) is 16.6 Å². The molecule has 0 saturated carbocycles. The molecule has 7 heteroatoms. The van der Waals surface area contributed by atoms with Gasteiger partial charge in [0, 0.05) is 25.9 Å². The average Bonchev–Trinajstić information content (AvgIpc) is 2.24. The summed E-state index contributed by atoms with van der Waals surface area (Å²) in [6.45, 7) is 0.0768. The van der Waals surface area contributed by atoms with Gasteiger partial charge in [-0.25, -0.2) is 13.1 Å². The van der Waals surface area contributed by atoms with Crippen LogP contribution in [-0.4, -0.2) is 44.6 Å². The lowest BCUT2D eigenvalue weighted by molar-refractivity contribution is 0.0827. The lowest BCUT2D eigenvalue weighted by Crippen LogP contribution is -2.24. The van der Waals surface area contributed by atoms with Gasteiger partial charge in [-0.15, -0.1) is 0 Å². The highest BCUT2D eigenvalue weighted by Crippen LogP contribution is 2.04. The Labute approximate surface area is 101 Å². The van der Waals surface area contributed by atoms with Gasteiger partial charge in [0.25, 0.3) is 5.91 Å². The monoisotopic (exact) mass is 257 g/mol. The Morgan fingerprint density at radius 3 is 2.65 bits per heavy atom. The van der Waals surface area contributed by atoms with E-state index in [1.165, 1.54) is 11.1 Å². The van der Waals surface area contributed by atoms with E-state index in [0.29, 0.717) is 11.3 Å². The van der Waals surface area contributed by atoms with E-state index in [1.54, 1.807) is 26.2 Å². The van der Waals surface area contributed by atoms with Crippen molar-refractivity contribution in [3.63, 3.8) is 0 Å². The highest BCUT2D eigenvalue weighted by atomic mass is 32.2. The third kappa shape index (κ3) is 4.49. The number of carbonyl (C=O) groups excluding carboxylic acids is 1. The van der Waals surface area contributed by atoms with Crippen molar-refractivity contribution in [2.24, 2.45) is 0 Å². The number of sulfonamides is 1. The molecule has 0 radical (unpaired) electrons. The largest absolute Gasteiger partial charge is 0.345 e. The van der Waals surface area contributed by atoms with Crippen molar-refractivity contribution in [2.75, 3.05) is 20.4 Å². The van der Waals surface area contributed by atoms with Crippen molar-refractivity contribution < 1.29 is 13.2 Å². The molecule has 0 aliphatic carbocycles. The molecule has 0 spiro atoms. The molecule has 0 saturated heterocycles. The van der Waals surface area contributed by atoms with Gasteiger partial charge in [-0.05, 0) is 12.1 Å². The lowest BCUT2D eigenvalue weighted by atomic mass is 10.2. The summed E-state index contributed by atoms with van der Waals surface area (Å²) in [6, 6.07) is 3.16. The molecular formula is C10H15N3O3S. The van der Waals surface area contributed by atoms with Crippen LogP contribution in [0.15, 0.2) is 18.3 Å². The maximum absolute atomic E-state index is 11.7. The zero-order chi connectivity index (χ0) is 13.1. The van der Waals surface area contributed by atoms with Crippen molar-refractivity contribution >= 4 is 15.9 Å².